The molecule has 3 aromatic heterocycles. The SMILES string of the molecule is C[C@H](NC(=O)CSc1nnc(-c2cccnc2)n1N)c1cccs1. The van der Waals surface area contributed by atoms with Gasteiger partial charge in [-0.3, -0.25) is 9.78 Å². The van der Waals surface area contributed by atoms with Crippen LogP contribution in [0.3, 0.4) is 0 Å². The van der Waals surface area contributed by atoms with Crippen LogP contribution in [0.1, 0.15) is 17.8 Å². The fourth-order valence-electron chi connectivity index (χ4n) is 2.09. The highest BCUT2D eigenvalue weighted by atomic mass is 32.2. The Bertz CT molecular complexity index is 803. The number of carbonyl (C=O) groups excluding carboxylic acids is 1. The van der Waals surface area contributed by atoms with Crippen molar-refractivity contribution in [3.63, 3.8) is 0 Å². The molecular formula is C15H16N6OS2. The topological polar surface area (TPSA) is 98.7 Å². The number of hydrogen-bond donors (Lipinski definition) is 2. The van der Waals surface area contributed by atoms with Gasteiger partial charge in [-0.05, 0) is 30.5 Å². The zero-order chi connectivity index (χ0) is 16.9. The minimum absolute atomic E-state index is 0.0141. The van der Waals surface area contributed by atoms with Gasteiger partial charge in [0.1, 0.15) is 0 Å². The number of amides is 1. The van der Waals surface area contributed by atoms with Crippen molar-refractivity contribution < 1.29 is 4.79 Å². The number of carbonyl (C=O) groups is 1. The smallest absolute Gasteiger partial charge is 0.230 e. The van der Waals surface area contributed by atoms with Crippen molar-refractivity contribution in [3.05, 3.63) is 46.9 Å². The van der Waals surface area contributed by atoms with E-state index in [1.165, 1.54) is 16.4 Å². The molecule has 0 aromatic carbocycles. The van der Waals surface area contributed by atoms with Crippen LogP contribution in [0.15, 0.2) is 47.2 Å². The fraction of sp³-hybridized carbons (Fsp3) is 0.200. The molecule has 0 saturated heterocycles. The summed E-state index contributed by atoms with van der Waals surface area (Å²) in [5, 5.41) is 13.5. The lowest BCUT2D eigenvalue weighted by atomic mass is 10.3. The summed E-state index contributed by atoms with van der Waals surface area (Å²) in [4.78, 5) is 17.2. The molecule has 0 radical (unpaired) electrons. The van der Waals surface area contributed by atoms with Crippen molar-refractivity contribution >= 4 is 29.0 Å². The van der Waals surface area contributed by atoms with Crippen LogP contribution in [0.4, 0.5) is 0 Å². The molecule has 3 heterocycles. The maximum atomic E-state index is 12.1. The Kier molecular flexibility index (Phi) is 5.11. The van der Waals surface area contributed by atoms with E-state index < -0.39 is 0 Å². The Balaban J connectivity index is 1.59. The van der Waals surface area contributed by atoms with Gasteiger partial charge in [0.25, 0.3) is 0 Å². The van der Waals surface area contributed by atoms with Crippen LogP contribution in [0.25, 0.3) is 11.4 Å². The minimum Gasteiger partial charge on any atom is -0.348 e. The van der Waals surface area contributed by atoms with Crippen LogP contribution in [0.5, 0.6) is 0 Å². The first-order valence-corrected chi connectivity index (χ1v) is 9.08. The first-order valence-electron chi connectivity index (χ1n) is 7.21. The summed E-state index contributed by atoms with van der Waals surface area (Å²) in [6.45, 7) is 1.96. The van der Waals surface area contributed by atoms with Gasteiger partial charge >= 0.3 is 0 Å². The maximum absolute atomic E-state index is 12.1. The molecule has 124 valence electrons. The summed E-state index contributed by atoms with van der Waals surface area (Å²) < 4.78 is 1.37. The van der Waals surface area contributed by atoms with Crippen LogP contribution in [0.2, 0.25) is 0 Å². The number of nitrogens with two attached hydrogens (primary N) is 1. The number of thioether (sulfide) groups is 1. The van der Waals surface area contributed by atoms with Crippen LogP contribution < -0.4 is 11.2 Å². The number of hydrogen-bond acceptors (Lipinski definition) is 7. The first-order chi connectivity index (χ1) is 11.6. The van der Waals surface area contributed by atoms with E-state index in [0.29, 0.717) is 11.0 Å². The van der Waals surface area contributed by atoms with E-state index in [1.807, 2.05) is 30.5 Å². The van der Waals surface area contributed by atoms with Crippen molar-refractivity contribution in [3.8, 4) is 11.4 Å². The number of thiophene rings is 1. The van der Waals surface area contributed by atoms with E-state index >= 15 is 0 Å². The molecule has 0 bridgehead atoms. The number of aromatic nitrogens is 4. The molecule has 0 unspecified atom stereocenters. The molecule has 1 amide bonds. The lowest BCUT2D eigenvalue weighted by molar-refractivity contribution is -0.119. The van der Waals surface area contributed by atoms with Crippen LogP contribution in [-0.4, -0.2) is 31.5 Å². The largest absolute Gasteiger partial charge is 0.348 e. The molecule has 0 aliphatic rings. The Morgan fingerprint density at radius 1 is 1.42 bits per heavy atom. The lowest BCUT2D eigenvalue weighted by Gasteiger charge is -2.11. The third-order valence-corrected chi connectivity index (χ3v) is 5.26. The third kappa shape index (κ3) is 3.74. The summed E-state index contributed by atoms with van der Waals surface area (Å²) in [5.74, 6) is 6.67. The number of pyridine rings is 1. The van der Waals surface area contributed by atoms with Gasteiger partial charge in [0.15, 0.2) is 5.82 Å². The second-order valence-electron chi connectivity index (χ2n) is 5.01. The second-order valence-corrected chi connectivity index (χ2v) is 6.93. The normalized spacial score (nSPS) is 12.0. The molecule has 0 aliphatic carbocycles. The van der Waals surface area contributed by atoms with E-state index in [9.17, 15) is 4.79 Å². The first kappa shape index (κ1) is 16.5. The highest BCUT2D eigenvalue weighted by Gasteiger charge is 2.15. The van der Waals surface area contributed by atoms with Gasteiger partial charge in [0, 0.05) is 22.8 Å². The number of nitrogens with zero attached hydrogens (tertiary/aromatic N) is 4. The summed E-state index contributed by atoms with van der Waals surface area (Å²) in [6, 6.07) is 7.61. The zero-order valence-electron chi connectivity index (χ0n) is 12.9. The maximum Gasteiger partial charge on any atom is 0.230 e. The molecular weight excluding hydrogens is 344 g/mol. The number of nitrogen functional groups attached to an aromatic ring is 1. The van der Waals surface area contributed by atoms with Crippen LogP contribution >= 0.6 is 23.1 Å². The van der Waals surface area contributed by atoms with Gasteiger partial charge in [-0.25, -0.2) is 4.68 Å². The highest BCUT2D eigenvalue weighted by Crippen LogP contribution is 2.21. The Morgan fingerprint density at radius 3 is 3.00 bits per heavy atom. The van der Waals surface area contributed by atoms with E-state index in [4.69, 9.17) is 5.84 Å². The lowest BCUT2D eigenvalue weighted by Crippen LogP contribution is -2.28. The van der Waals surface area contributed by atoms with Gasteiger partial charge in [-0.15, -0.1) is 21.5 Å². The van der Waals surface area contributed by atoms with Gasteiger partial charge in [-0.1, -0.05) is 17.8 Å². The van der Waals surface area contributed by atoms with Crippen molar-refractivity contribution in [2.75, 3.05) is 11.6 Å². The Morgan fingerprint density at radius 2 is 2.29 bits per heavy atom. The highest BCUT2D eigenvalue weighted by molar-refractivity contribution is 7.99. The predicted molar refractivity (Wildman–Crippen MR) is 95.0 cm³/mol. The molecule has 9 heteroatoms. The average molecular weight is 360 g/mol. The molecule has 3 aromatic rings. The molecule has 0 saturated carbocycles. The molecule has 0 fully saturated rings. The van der Waals surface area contributed by atoms with Crippen LogP contribution in [-0.2, 0) is 4.79 Å². The molecule has 0 aliphatic heterocycles. The van der Waals surface area contributed by atoms with Gasteiger partial charge in [0.05, 0.1) is 11.8 Å². The van der Waals surface area contributed by atoms with Crippen molar-refractivity contribution in [2.24, 2.45) is 0 Å². The van der Waals surface area contributed by atoms with Gasteiger partial charge in [0.2, 0.25) is 11.1 Å². The van der Waals surface area contributed by atoms with E-state index in [1.54, 1.807) is 29.8 Å². The van der Waals surface area contributed by atoms with E-state index in [0.717, 1.165) is 10.4 Å². The predicted octanol–water partition coefficient (Wildman–Crippen LogP) is 2.08. The average Bonchev–Trinajstić information content (AvgIpc) is 3.24. The van der Waals surface area contributed by atoms with Crippen molar-refractivity contribution in [1.82, 2.24) is 25.2 Å². The zero-order valence-corrected chi connectivity index (χ0v) is 14.5. The molecule has 7 nitrogen and oxygen atoms in total. The molecule has 3 N–H and O–H groups in total. The molecule has 1 atom stereocenters. The molecule has 3 rings (SSSR count). The van der Waals surface area contributed by atoms with E-state index in [-0.39, 0.29) is 17.7 Å². The van der Waals surface area contributed by atoms with E-state index in [2.05, 4.69) is 20.5 Å². The standard InChI is InChI=1S/C15H16N6OS2/c1-10(12-5-3-7-23-12)18-13(22)9-24-15-20-19-14(21(15)16)11-4-2-6-17-8-11/h2-8,10H,9,16H2,1H3,(H,18,22)/t10-/m0/s1. The Hall–Kier alpha value is -2.39. The quantitative estimate of drug-likeness (QED) is 0.516. The van der Waals surface area contributed by atoms with Crippen LogP contribution in [0, 0.1) is 0 Å². The van der Waals surface area contributed by atoms with Gasteiger partial charge in [-0.2, -0.15) is 0 Å². The number of nitrogens with one attached hydrogen (secondary N) is 1. The number of rotatable bonds is 6. The second kappa shape index (κ2) is 7.45. The fourth-order valence-corrected chi connectivity index (χ4v) is 3.49. The summed E-state index contributed by atoms with van der Waals surface area (Å²) in [7, 11) is 0. The third-order valence-electron chi connectivity index (χ3n) is 3.26. The molecule has 0 spiro atoms. The van der Waals surface area contributed by atoms with Gasteiger partial charge < -0.3 is 11.2 Å². The molecule has 24 heavy (non-hydrogen) atoms. The Labute approximate surface area is 147 Å². The van der Waals surface area contributed by atoms with Crippen molar-refractivity contribution in [2.45, 2.75) is 18.1 Å². The summed E-state index contributed by atoms with van der Waals surface area (Å²) in [5.41, 5.74) is 0.773. The monoisotopic (exact) mass is 360 g/mol. The summed E-state index contributed by atoms with van der Waals surface area (Å²) >= 11 is 2.86. The minimum atomic E-state index is -0.0770. The van der Waals surface area contributed by atoms with Crippen molar-refractivity contribution in [1.29, 1.82) is 0 Å². The summed E-state index contributed by atoms with van der Waals surface area (Å²) in [6.07, 6.45) is 3.34.